The third-order valence-electron chi connectivity index (χ3n) is 4.23. The maximum atomic E-state index is 13.1. The average molecular weight is 344 g/mol. The minimum absolute atomic E-state index is 0.0655. The molecule has 1 amide bonds. The number of aromatic nitrogens is 1. The van der Waals surface area contributed by atoms with Gasteiger partial charge in [0.2, 0.25) is 15.7 Å². The van der Waals surface area contributed by atoms with Crippen LogP contribution in [0.25, 0.3) is 0 Å². The van der Waals surface area contributed by atoms with Gasteiger partial charge in [-0.3, -0.25) is 4.79 Å². The van der Waals surface area contributed by atoms with E-state index in [1.54, 1.807) is 47.4 Å². The molecule has 1 atom stereocenters. The van der Waals surface area contributed by atoms with E-state index in [1.165, 1.54) is 12.3 Å². The minimum Gasteiger partial charge on any atom is -0.341 e. The Hall–Kier alpha value is -2.21. The second-order valence-electron chi connectivity index (χ2n) is 5.89. The molecule has 1 aromatic carbocycles. The molecule has 1 aromatic heterocycles. The number of benzene rings is 1. The molecular formula is C18H20N2O3S. The van der Waals surface area contributed by atoms with Gasteiger partial charge in [0.05, 0.1) is 0 Å². The van der Waals surface area contributed by atoms with Crippen molar-refractivity contribution in [2.24, 2.45) is 0 Å². The zero-order valence-corrected chi connectivity index (χ0v) is 14.2. The molecule has 1 fully saturated rings. The number of piperidine rings is 1. The Bertz CT molecular complexity index is 786. The van der Waals surface area contributed by atoms with Crippen molar-refractivity contribution in [3.8, 4) is 0 Å². The van der Waals surface area contributed by atoms with E-state index >= 15 is 0 Å². The molecule has 2 heterocycles. The number of sulfone groups is 1. The van der Waals surface area contributed by atoms with Crippen LogP contribution in [0, 0.1) is 0 Å². The Morgan fingerprint density at radius 3 is 2.25 bits per heavy atom. The highest BCUT2D eigenvalue weighted by Crippen LogP contribution is 2.30. The first-order valence-electron chi connectivity index (χ1n) is 8.09. The number of nitrogens with zero attached hydrogens (tertiary/aromatic N) is 2. The van der Waals surface area contributed by atoms with Crippen molar-refractivity contribution in [1.29, 1.82) is 0 Å². The molecule has 0 radical (unpaired) electrons. The van der Waals surface area contributed by atoms with Crippen molar-refractivity contribution < 1.29 is 13.2 Å². The third-order valence-corrected chi connectivity index (χ3v) is 6.15. The van der Waals surface area contributed by atoms with Crippen molar-refractivity contribution in [2.45, 2.75) is 29.5 Å². The van der Waals surface area contributed by atoms with Crippen LogP contribution in [0.15, 0.2) is 59.8 Å². The van der Waals surface area contributed by atoms with Gasteiger partial charge in [0.25, 0.3) is 0 Å². The fraction of sp³-hybridized carbons (Fsp3) is 0.333. The van der Waals surface area contributed by atoms with Crippen molar-refractivity contribution in [2.75, 3.05) is 13.1 Å². The molecule has 2 aromatic rings. The molecule has 24 heavy (non-hydrogen) atoms. The van der Waals surface area contributed by atoms with Gasteiger partial charge in [-0.05, 0) is 37.0 Å². The molecule has 0 aliphatic carbocycles. The Morgan fingerprint density at radius 2 is 1.62 bits per heavy atom. The van der Waals surface area contributed by atoms with Gasteiger partial charge in [0.1, 0.15) is 0 Å². The number of pyridine rings is 1. The van der Waals surface area contributed by atoms with Crippen LogP contribution in [0.2, 0.25) is 0 Å². The summed E-state index contributed by atoms with van der Waals surface area (Å²) in [6.45, 7) is 1.22. The van der Waals surface area contributed by atoms with Crippen molar-refractivity contribution in [1.82, 2.24) is 9.88 Å². The summed E-state index contributed by atoms with van der Waals surface area (Å²) in [6, 6.07) is 13.4. The van der Waals surface area contributed by atoms with E-state index in [2.05, 4.69) is 4.98 Å². The van der Waals surface area contributed by atoms with Crippen LogP contribution in [0.1, 0.15) is 30.1 Å². The first kappa shape index (κ1) is 16.6. The quantitative estimate of drug-likeness (QED) is 0.855. The van der Waals surface area contributed by atoms with Gasteiger partial charge in [0, 0.05) is 19.3 Å². The second-order valence-corrected chi connectivity index (χ2v) is 7.87. The lowest BCUT2D eigenvalue weighted by atomic mass is 10.1. The first-order valence-corrected chi connectivity index (χ1v) is 9.64. The van der Waals surface area contributed by atoms with Crippen molar-refractivity contribution in [3.05, 3.63) is 60.3 Å². The van der Waals surface area contributed by atoms with Crippen molar-refractivity contribution in [3.63, 3.8) is 0 Å². The minimum atomic E-state index is -3.91. The molecule has 0 N–H and O–H groups in total. The van der Waals surface area contributed by atoms with E-state index in [0.29, 0.717) is 18.7 Å². The zero-order chi connectivity index (χ0) is 17.0. The molecule has 0 saturated carbocycles. The lowest BCUT2D eigenvalue weighted by molar-refractivity contribution is -0.131. The topological polar surface area (TPSA) is 67.3 Å². The summed E-state index contributed by atoms with van der Waals surface area (Å²) in [4.78, 5) is 18.7. The maximum Gasteiger partial charge on any atom is 0.245 e. The fourth-order valence-electron chi connectivity index (χ4n) is 3.00. The highest BCUT2D eigenvalue weighted by molar-refractivity contribution is 7.92. The summed E-state index contributed by atoms with van der Waals surface area (Å²) >= 11 is 0. The van der Waals surface area contributed by atoms with Crippen LogP contribution < -0.4 is 0 Å². The van der Waals surface area contributed by atoms with Crippen LogP contribution in [0.5, 0.6) is 0 Å². The van der Waals surface area contributed by atoms with E-state index in [1.807, 2.05) is 0 Å². The van der Waals surface area contributed by atoms with Gasteiger partial charge in [-0.15, -0.1) is 0 Å². The Kier molecular flexibility index (Phi) is 4.94. The number of rotatable bonds is 4. The van der Waals surface area contributed by atoms with Crippen LogP contribution in [-0.2, 0) is 14.6 Å². The normalized spacial score (nSPS) is 16.6. The van der Waals surface area contributed by atoms with Gasteiger partial charge < -0.3 is 4.90 Å². The summed E-state index contributed by atoms with van der Waals surface area (Å²) in [5.41, 5.74) is 0.485. The van der Waals surface area contributed by atoms with E-state index in [9.17, 15) is 13.2 Å². The number of carbonyl (C=O) groups is 1. The average Bonchev–Trinajstić information content (AvgIpc) is 2.64. The highest BCUT2D eigenvalue weighted by Gasteiger charge is 2.39. The highest BCUT2D eigenvalue weighted by atomic mass is 32.2. The molecule has 6 heteroatoms. The number of amides is 1. The molecule has 1 unspecified atom stereocenters. The second kappa shape index (κ2) is 7.13. The summed E-state index contributed by atoms with van der Waals surface area (Å²) in [6.07, 6.45) is 4.33. The standard InChI is InChI=1S/C18H20N2O3S/c21-18(20-13-7-2-8-14-20)17(15-9-3-1-4-10-15)24(22,23)16-11-5-6-12-19-16/h1,3-6,9-12,17H,2,7-8,13-14H2. The molecule has 0 spiro atoms. The Labute approximate surface area is 142 Å². The van der Waals surface area contributed by atoms with E-state index in [4.69, 9.17) is 0 Å². The lowest BCUT2D eigenvalue weighted by Crippen LogP contribution is -2.41. The third kappa shape index (κ3) is 3.33. The SMILES string of the molecule is O=C(C(c1ccccc1)S(=O)(=O)c1ccccn1)N1CCCCC1. The fourth-order valence-corrected chi connectivity index (χ4v) is 4.65. The molecule has 3 rings (SSSR count). The van der Waals surface area contributed by atoms with Gasteiger partial charge in [-0.1, -0.05) is 36.4 Å². The van der Waals surface area contributed by atoms with Crippen LogP contribution in [-0.4, -0.2) is 37.3 Å². The molecule has 1 aliphatic rings. The number of hydrogen-bond acceptors (Lipinski definition) is 4. The summed E-state index contributed by atoms with van der Waals surface area (Å²) in [5.74, 6) is -0.355. The molecule has 1 saturated heterocycles. The zero-order valence-electron chi connectivity index (χ0n) is 13.3. The van der Waals surface area contributed by atoms with Crippen LogP contribution in [0.4, 0.5) is 0 Å². The number of hydrogen-bond donors (Lipinski definition) is 0. The number of likely N-dealkylation sites (tertiary alicyclic amines) is 1. The molecule has 5 nitrogen and oxygen atoms in total. The monoisotopic (exact) mass is 344 g/mol. The van der Waals surface area contributed by atoms with Crippen molar-refractivity contribution >= 4 is 15.7 Å². The van der Waals surface area contributed by atoms with Gasteiger partial charge in [-0.2, -0.15) is 0 Å². The molecule has 1 aliphatic heterocycles. The number of carbonyl (C=O) groups excluding carboxylic acids is 1. The predicted molar refractivity (Wildman–Crippen MR) is 91.0 cm³/mol. The van der Waals surface area contributed by atoms with Gasteiger partial charge in [0.15, 0.2) is 10.3 Å². The van der Waals surface area contributed by atoms with Crippen LogP contribution >= 0.6 is 0 Å². The summed E-state index contributed by atoms with van der Waals surface area (Å²) in [5, 5.41) is -1.31. The Balaban J connectivity index is 2.04. The van der Waals surface area contributed by atoms with E-state index in [0.717, 1.165) is 19.3 Å². The Morgan fingerprint density at radius 1 is 0.958 bits per heavy atom. The maximum absolute atomic E-state index is 13.1. The largest absolute Gasteiger partial charge is 0.341 e. The van der Waals surface area contributed by atoms with Gasteiger partial charge in [-0.25, -0.2) is 13.4 Å². The smallest absolute Gasteiger partial charge is 0.245 e. The van der Waals surface area contributed by atoms with Crippen LogP contribution in [0.3, 0.4) is 0 Å². The molecular weight excluding hydrogens is 324 g/mol. The summed E-state index contributed by atoms with van der Waals surface area (Å²) in [7, 11) is -3.91. The van der Waals surface area contributed by atoms with E-state index < -0.39 is 15.1 Å². The van der Waals surface area contributed by atoms with Gasteiger partial charge >= 0.3 is 0 Å². The molecule has 0 bridgehead atoms. The molecule has 126 valence electrons. The summed E-state index contributed by atoms with van der Waals surface area (Å²) < 4.78 is 26.2. The lowest BCUT2D eigenvalue weighted by Gasteiger charge is -2.30. The first-order chi connectivity index (χ1) is 11.6. The predicted octanol–water partition coefficient (Wildman–Crippen LogP) is 2.61. The van der Waals surface area contributed by atoms with E-state index in [-0.39, 0.29) is 10.9 Å².